The number of halogens is 1. The first-order valence-corrected chi connectivity index (χ1v) is 6.21. The van der Waals surface area contributed by atoms with Crippen molar-refractivity contribution in [3.05, 3.63) is 53.5 Å². The third-order valence-corrected chi connectivity index (χ3v) is 3.42. The van der Waals surface area contributed by atoms with Crippen molar-refractivity contribution in [3.63, 3.8) is 0 Å². The van der Waals surface area contributed by atoms with Gasteiger partial charge in [0.15, 0.2) is 0 Å². The van der Waals surface area contributed by atoms with Gasteiger partial charge in [0.2, 0.25) is 0 Å². The molecule has 2 N–H and O–H groups in total. The van der Waals surface area contributed by atoms with Gasteiger partial charge in [-0.05, 0) is 29.8 Å². The molecule has 0 unspecified atom stereocenters. The summed E-state index contributed by atoms with van der Waals surface area (Å²) < 4.78 is 13.6. The molecule has 0 amide bonds. The number of nitriles is 1. The number of nitrogen functional groups attached to an aromatic ring is 1. The second-order valence-electron chi connectivity index (χ2n) is 3.60. The Balaban J connectivity index is 2.12. The number of hydrogen-bond donors (Lipinski definition) is 1. The molecule has 0 fully saturated rings. The molecular weight excluding hydrogens is 249 g/mol. The Morgan fingerprint density at radius 2 is 2.22 bits per heavy atom. The molecule has 5 heteroatoms. The van der Waals surface area contributed by atoms with Gasteiger partial charge in [-0.1, -0.05) is 17.8 Å². The molecule has 0 saturated carbocycles. The van der Waals surface area contributed by atoms with Gasteiger partial charge in [0, 0.05) is 11.9 Å². The molecule has 2 rings (SSSR count). The zero-order valence-corrected chi connectivity index (χ0v) is 10.2. The van der Waals surface area contributed by atoms with Crippen LogP contribution in [-0.2, 0) is 5.75 Å². The van der Waals surface area contributed by atoms with Gasteiger partial charge in [0.05, 0.1) is 17.3 Å². The van der Waals surface area contributed by atoms with Crippen LogP contribution in [0.25, 0.3) is 0 Å². The third kappa shape index (κ3) is 2.79. The summed E-state index contributed by atoms with van der Waals surface area (Å²) in [5.41, 5.74) is 7.18. The van der Waals surface area contributed by atoms with Crippen molar-refractivity contribution >= 4 is 17.4 Å². The van der Waals surface area contributed by atoms with E-state index in [1.165, 1.54) is 17.8 Å². The summed E-state index contributed by atoms with van der Waals surface area (Å²) in [5, 5.41) is 9.33. The van der Waals surface area contributed by atoms with E-state index in [2.05, 4.69) is 4.98 Å². The van der Waals surface area contributed by atoms with Gasteiger partial charge >= 0.3 is 0 Å². The maximum atomic E-state index is 13.6. The predicted octanol–water partition coefficient (Wildman–Crippen LogP) is 2.97. The molecule has 3 nitrogen and oxygen atoms in total. The molecule has 0 saturated heterocycles. The smallest absolute Gasteiger partial charge is 0.128 e. The first-order valence-electron chi connectivity index (χ1n) is 5.22. The van der Waals surface area contributed by atoms with Crippen molar-refractivity contribution < 1.29 is 4.39 Å². The number of benzene rings is 1. The van der Waals surface area contributed by atoms with E-state index in [0.717, 1.165) is 0 Å². The number of thioether (sulfide) groups is 1. The molecule has 0 spiro atoms. The van der Waals surface area contributed by atoms with Crippen LogP contribution in [0, 0.1) is 17.1 Å². The van der Waals surface area contributed by atoms with E-state index in [4.69, 9.17) is 11.0 Å². The van der Waals surface area contributed by atoms with Crippen molar-refractivity contribution in [1.29, 1.82) is 5.26 Å². The third-order valence-electron chi connectivity index (χ3n) is 2.35. The van der Waals surface area contributed by atoms with Crippen molar-refractivity contribution in [1.82, 2.24) is 4.98 Å². The lowest BCUT2D eigenvalue weighted by molar-refractivity contribution is 0.617. The Kier molecular flexibility index (Phi) is 3.80. The predicted molar refractivity (Wildman–Crippen MR) is 69.3 cm³/mol. The molecule has 1 aromatic carbocycles. The fourth-order valence-electron chi connectivity index (χ4n) is 1.40. The molecule has 0 atom stereocenters. The van der Waals surface area contributed by atoms with Gasteiger partial charge in [-0.2, -0.15) is 5.26 Å². The highest BCUT2D eigenvalue weighted by Gasteiger charge is 2.06. The van der Waals surface area contributed by atoms with E-state index in [1.54, 1.807) is 30.5 Å². The second-order valence-corrected chi connectivity index (χ2v) is 4.57. The summed E-state index contributed by atoms with van der Waals surface area (Å²) in [7, 11) is 0. The quantitative estimate of drug-likeness (QED) is 0.861. The van der Waals surface area contributed by atoms with Crippen LogP contribution in [0.15, 0.2) is 41.6 Å². The minimum absolute atomic E-state index is 0.318. The van der Waals surface area contributed by atoms with Crippen molar-refractivity contribution in [2.24, 2.45) is 0 Å². The van der Waals surface area contributed by atoms with Crippen LogP contribution in [0.4, 0.5) is 10.1 Å². The average Bonchev–Trinajstić information content (AvgIpc) is 2.39. The van der Waals surface area contributed by atoms with Crippen molar-refractivity contribution in [2.75, 3.05) is 5.73 Å². The molecule has 0 aliphatic rings. The zero-order valence-electron chi connectivity index (χ0n) is 9.43. The first-order chi connectivity index (χ1) is 8.70. The fraction of sp³-hybridized carbons (Fsp3) is 0.0769. The average molecular weight is 259 g/mol. The molecule has 1 aromatic heterocycles. The summed E-state index contributed by atoms with van der Waals surface area (Å²) in [5.74, 6) is 0.0507. The molecule has 0 bridgehead atoms. The van der Waals surface area contributed by atoms with Crippen LogP contribution in [0.3, 0.4) is 0 Å². The fourth-order valence-corrected chi connectivity index (χ4v) is 2.30. The highest BCUT2D eigenvalue weighted by molar-refractivity contribution is 7.98. The Morgan fingerprint density at radius 1 is 1.39 bits per heavy atom. The van der Waals surface area contributed by atoms with Gasteiger partial charge in [0.1, 0.15) is 10.8 Å². The minimum Gasteiger partial charge on any atom is -0.397 e. The van der Waals surface area contributed by atoms with E-state index < -0.39 is 0 Å². The number of anilines is 1. The number of rotatable bonds is 3. The Bertz CT molecular complexity index is 607. The number of hydrogen-bond acceptors (Lipinski definition) is 4. The van der Waals surface area contributed by atoms with Crippen LogP contribution < -0.4 is 5.73 Å². The van der Waals surface area contributed by atoms with Crippen LogP contribution >= 0.6 is 11.8 Å². The van der Waals surface area contributed by atoms with Gasteiger partial charge in [-0.15, -0.1) is 0 Å². The van der Waals surface area contributed by atoms with E-state index in [9.17, 15) is 4.39 Å². The maximum Gasteiger partial charge on any atom is 0.128 e. The molecule has 2 aromatic rings. The van der Waals surface area contributed by atoms with Gasteiger partial charge in [-0.25, -0.2) is 9.37 Å². The van der Waals surface area contributed by atoms with Crippen LogP contribution in [0.1, 0.15) is 11.1 Å². The normalized spacial score (nSPS) is 10.0. The summed E-state index contributed by atoms with van der Waals surface area (Å²) in [6.45, 7) is 0. The lowest BCUT2D eigenvalue weighted by Crippen LogP contribution is -1.93. The number of nitrogens with zero attached hydrogens (tertiary/aromatic N) is 2. The van der Waals surface area contributed by atoms with E-state index in [0.29, 0.717) is 27.6 Å². The van der Waals surface area contributed by atoms with E-state index >= 15 is 0 Å². The second kappa shape index (κ2) is 5.52. The largest absolute Gasteiger partial charge is 0.397 e. The highest BCUT2D eigenvalue weighted by Crippen LogP contribution is 2.26. The molecule has 1 heterocycles. The molecule has 0 aliphatic heterocycles. The summed E-state index contributed by atoms with van der Waals surface area (Å²) in [4.78, 5) is 4.12. The number of aromatic nitrogens is 1. The maximum absolute atomic E-state index is 13.6. The topological polar surface area (TPSA) is 62.7 Å². The van der Waals surface area contributed by atoms with Gasteiger partial charge < -0.3 is 5.73 Å². The molecule has 90 valence electrons. The minimum atomic E-state index is -0.379. The SMILES string of the molecule is N#Cc1ccc(CSc2ncccc2N)c(F)c1. The standard InChI is InChI=1S/C13H10FN3S/c14-11-6-9(7-15)3-4-10(11)8-18-13-12(16)2-1-5-17-13/h1-6H,8,16H2. The summed E-state index contributed by atoms with van der Waals surface area (Å²) in [6.07, 6.45) is 1.65. The lowest BCUT2D eigenvalue weighted by atomic mass is 10.1. The Morgan fingerprint density at radius 3 is 2.89 bits per heavy atom. The number of nitrogens with two attached hydrogens (primary N) is 1. The summed E-state index contributed by atoms with van der Waals surface area (Å²) in [6, 6.07) is 9.85. The van der Waals surface area contributed by atoms with Crippen LogP contribution in [-0.4, -0.2) is 4.98 Å². The van der Waals surface area contributed by atoms with Gasteiger partial charge in [-0.3, -0.25) is 0 Å². The van der Waals surface area contributed by atoms with Crippen LogP contribution in [0.2, 0.25) is 0 Å². The molecule has 18 heavy (non-hydrogen) atoms. The Labute approximate surface area is 108 Å². The Hall–Kier alpha value is -2.06. The van der Waals surface area contributed by atoms with Gasteiger partial charge in [0.25, 0.3) is 0 Å². The van der Waals surface area contributed by atoms with Crippen molar-refractivity contribution in [3.8, 4) is 6.07 Å². The summed E-state index contributed by atoms with van der Waals surface area (Å²) >= 11 is 1.37. The molecule has 0 radical (unpaired) electrons. The first kappa shape index (κ1) is 12.4. The van der Waals surface area contributed by atoms with Crippen molar-refractivity contribution in [2.45, 2.75) is 10.8 Å². The van der Waals surface area contributed by atoms with E-state index in [1.807, 2.05) is 6.07 Å². The zero-order chi connectivity index (χ0) is 13.0. The lowest BCUT2D eigenvalue weighted by Gasteiger charge is -2.05. The monoisotopic (exact) mass is 259 g/mol. The van der Waals surface area contributed by atoms with E-state index in [-0.39, 0.29) is 5.82 Å². The molecular formula is C13H10FN3S. The molecule has 0 aliphatic carbocycles. The number of pyridine rings is 1. The highest BCUT2D eigenvalue weighted by atomic mass is 32.2. The van der Waals surface area contributed by atoms with Crippen LogP contribution in [0.5, 0.6) is 0 Å².